The lowest BCUT2D eigenvalue weighted by molar-refractivity contribution is 0.232. The summed E-state index contributed by atoms with van der Waals surface area (Å²) in [5, 5.41) is 8.03. The topological polar surface area (TPSA) is 55.5 Å². The molecule has 0 bridgehead atoms. The van der Waals surface area contributed by atoms with Gasteiger partial charge in [0.05, 0.1) is 6.54 Å². The molecule has 0 radical (unpaired) electrons. The van der Waals surface area contributed by atoms with Gasteiger partial charge in [-0.3, -0.25) is 4.99 Å². The Balaban J connectivity index is 0.00000208. The molecule has 2 heterocycles. The maximum absolute atomic E-state index is 4.30. The minimum absolute atomic E-state index is 0. The van der Waals surface area contributed by atoms with Gasteiger partial charge in [0.1, 0.15) is 0 Å². The van der Waals surface area contributed by atoms with E-state index in [1.165, 1.54) is 48.9 Å². The van der Waals surface area contributed by atoms with Crippen LogP contribution in [0.5, 0.6) is 0 Å². The highest BCUT2D eigenvalue weighted by Gasteiger charge is 2.09. The number of para-hydroxylation sites is 1. The Morgan fingerprint density at radius 3 is 2.71 bits per heavy atom. The molecule has 1 aliphatic heterocycles. The van der Waals surface area contributed by atoms with Crippen molar-refractivity contribution in [3.05, 3.63) is 36.0 Å². The SMILES string of the molecule is CN=C(NCCN1CCCCC1)NCc1cc2ccccc2[nH]1.I. The molecular formula is C18H28IN5. The molecule has 1 aliphatic rings. The maximum atomic E-state index is 4.30. The number of aliphatic imine (C=N–C) groups is 1. The number of rotatable bonds is 5. The third-order valence-electron chi connectivity index (χ3n) is 4.42. The number of hydrogen-bond donors (Lipinski definition) is 3. The van der Waals surface area contributed by atoms with Gasteiger partial charge in [0.15, 0.2) is 5.96 Å². The van der Waals surface area contributed by atoms with Crippen LogP contribution in [0.25, 0.3) is 10.9 Å². The summed E-state index contributed by atoms with van der Waals surface area (Å²) in [6.45, 7) is 5.25. The van der Waals surface area contributed by atoms with Crippen molar-refractivity contribution in [2.24, 2.45) is 4.99 Å². The molecule has 0 aliphatic carbocycles. The van der Waals surface area contributed by atoms with Gasteiger partial charge in [-0.25, -0.2) is 0 Å². The van der Waals surface area contributed by atoms with Gasteiger partial charge in [0.25, 0.3) is 0 Å². The van der Waals surface area contributed by atoms with Crippen LogP contribution < -0.4 is 10.6 Å². The van der Waals surface area contributed by atoms with E-state index in [9.17, 15) is 0 Å². The minimum atomic E-state index is 0. The Bertz CT molecular complexity index is 613. The van der Waals surface area contributed by atoms with E-state index in [-0.39, 0.29) is 24.0 Å². The first-order valence-electron chi connectivity index (χ1n) is 8.58. The first kappa shape index (κ1) is 19.1. The van der Waals surface area contributed by atoms with Crippen LogP contribution in [0.2, 0.25) is 0 Å². The highest BCUT2D eigenvalue weighted by Crippen LogP contribution is 2.14. The van der Waals surface area contributed by atoms with Gasteiger partial charge in [0, 0.05) is 31.3 Å². The van der Waals surface area contributed by atoms with Crippen LogP contribution in [0.15, 0.2) is 35.3 Å². The molecule has 132 valence electrons. The second-order valence-electron chi connectivity index (χ2n) is 6.14. The summed E-state index contributed by atoms with van der Waals surface area (Å²) < 4.78 is 0. The van der Waals surface area contributed by atoms with Gasteiger partial charge in [-0.05, 0) is 43.5 Å². The third kappa shape index (κ3) is 5.37. The number of hydrogen-bond acceptors (Lipinski definition) is 2. The molecule has 0 atom stereocenters. The summed E-state index contributed by atoms with van der Waals surface area (Å²) in [6, 6.07) is 10.5. The van der Waals surface area contributed by atoms with Crippen molar-refractivity contribution in [3.8, 4) is 0 Å². The summed E-state index contributed by atoms with van der Waals surface area (Å²) in [6.07, 6.45) is 4.07. The number of aromatic amines is 1. The Labute approximate surface area is 161 Å². The van der Waals surface area contributed by atoms with Crippen molar-refractivity contribution in [1.82, 2.24) is 20.5 Å². The molecule has 1 saturated heterocycles. The maximum Gasteiger partial charge on any atom is 0.191 e. The van der Waals surface area contributed by atoms with Crippen molar-refractivity contribution >= 4 is 40.8 Å². The predicted octanol–water partition coefficient (Wildman–Crippen LogP) is 2.94. The summed E-state index contributed by atoms with van der Waals surface area (Å²) in [4.78, 5) is 10.3. The predicted molar refractivity (Wildman–Crippen MR) is 112 cm³/mol. The lowest BCUT2D eigenvalue weighted by Gasteiger charge is -2.26. The number of fused-ring (bicyclic) bond motifs is 1. The van der Waals surface area contributed by atoms with Crippen molar-refractivity contribution in [1.29, 1.82) is 0 Å². The molecule has 0 spiro atoms. The van der Waals surface area contributed by atoms with Crippen molar-refractivity contribution in [3.63, 3.8) is 0 Å². The molecule has 2 aromatic rings. The van der Waals surface area contributed by atoms with Crippen molar-refractivity contribution in [2.75, 3.05) is 33.2 Å². The van der Waals surface area contributed by atoms with Gasteiger partial charge in [0.2, 0.25) is 0 Å². The number of aromatic nitrogens is 1. The first-order chi connectivity index (χ1) is 11.3. The number of benzene rings is 1. The standard InChI is InChI=1S/C18H27N5.HI/c1-19-18(20-9-12-23-10-5-2-6-11-23)21-14-16-13-15-7-3-4-8-17(15)22-16;/h3-4,7-8,13,22H,2,5-6,9-12,14H2,1H3,(H2,19,20,21);1H. The van der Waals surface area contributed by atoms with Crippen LogP contribution >= 0.6 is 24.0 Å². The Morgan fingerprint density at radius 1 is 1.17 bits per heavy atom. The molecule has 1 fully saturated rings. The number of nitrogens with one attached hydrogen (secondary N) is 3. The van der Waals surface area contributed by atoms with Crippen LogP contribution in [0.3, 0.4) is 0 Å². The van der Waals surface area contributed by atoms with E-state index in [0.717, 1.165) is 25.6 Å². The lowest BCUT2D eigenvalue weighted by atomic mass is 10.1. The number of halogens is 1. The normalized spacial score (nSPS) is 16.0. The number of likely N-dealkylation sites (tertiary alicyclic amines) is 1. The molecular weight excluding hydrogens is 413 g/mol. The molecule has 0 saturated carbocycles. The van der Waals surface area contributed by atoms with Gasteiger partial charge in [-0.2, -0.15) is 0 Å². The zero-order valence-corrected chi connectivity index (χ0v) is 16.7. The third-order valence-corrected chi connectivity index (χ3v) is 4.42. The minimum Gasteiger partial charge on any atom is -0.357 e. The van der Waals surface area contributed by atoms with E-state index in [0.29, 0.717) is 0 Å². The molecule has 1 aromatic carbocycles. The van der Waals surface area contributed by atoms with Gasteiger partial charge in [-0.15, -0.1) is 24.0 Å². The molecule has 3 rings (SSSR count). The van der Waals surface area contributed by atoms with E-state index in [1.54, 1.807) is 0 Å². The van der Waals surface area contributed by atoms with Crippen LogP contribution in [-0.4, -0.2) is 49.1 Å². The zero-order chi connectivity index (χ0) is 15.9. The first-order valence-corrected chi connectivity index (χ1v) is 8.58. The number of H-pyrrole nitrogens is 1. The molecule has 24 heavy (non-hydrogen) atoms. The van der Waals surface area contributed by atoms with Gasteiger partial charge < -0.3 is 20.5 Å². The summed E-state index contributed by atoms with van der Waals surface area (Å²) >= 11 is 0. The van der Waals surface area contributed by atoms with Crippen LogP contribution in [0, 0.1) is 0 Å². The molecule has 0 unspecified atom stereocenters. The molecule has 5 nitrogen and oxygen atoms in total. The number of guanidine groups is 1. The Hall–Kier alpha value is -1.28. The van der Waals surface area contributed by atoms with E-state index in [4.69, 9.17) is 0 Å². The largest absolute Gasteiger partial charge is 0.357 e. The van der Waals surface area contributed by atoms with E-state index in [2.05, 4.69) is 55.8 Å². The highest BCUT2D eigenvalue weighted by molar-refractivity contribution is 14.0. The van der Waals surface area contributed by atoms with Gasteiger partial charge >= 0.3 is 0 Å². The van der Waals surface area contributed by atoms with Crippen LogP contribution in [-0.2, 0) is 6.54 Å². The fourth-order valence-corrected chi connectivity index (χ4v) is 3.14. The molecule has 3 N–H and O–H groups in total. The monoisotopic (exact) mass is 441 g/mol. The highest BCUT2D eigenvalue weighted by atomic mass is 127. The van der Waals surface area contributed by atoms with Crippen molar-refractivity contribution in [2.45, 2.75) is 25.8 Å². The average Bonchev–Trinajstić information content (AvgIpc) is 3.01. The van der Waals surface area contributed by atoms with Crippen LogP contribution in [0.4, 0.5) is 0 Å². The lowest BCUT2D eigenvalue weighted by Crippen LogP contribution is -2.42. The van der Waals surface area contributed by atoms with Crippen LogP contribution in [0.1, 0.15) is 25.0 Å². The smallest absolute Gasteiger partial charge is 0.191 e. The second-order valence-corrected chi connectivity index (χ2v) is 6.14. The van der Waals surface area contributed by atoms with E-state index < -0.39 is 0 Å². The van der Waals surface area contributed by atoms with Crippen molar-refractivity contribution < 1.29 is 0 Å². The van der Waals surface area contributed by atoms with E-state index >= 15 is 0 Å². The molecule has 6 heteroatoms. The average molecular weight is 441 g/mol. The van der Waals surface area contributed by atoms with E-state index in [1.807, 2.05) is 7.05 Å². The fraction of sp³-hybridized carbons (Fsp3) is 0.500. The quantitative estimate of drug-likeness (QED) is 0.380. The Morgan fingerprint density at radius 2 is 1.96 bits per heavy atom. The summed E-state index contributed by atoms with van der Waals surface area (Å²) in [7, 11) is 1.82. The number of piperidine rings is 1. The summed E-state index contributed by atoms with van der Waals surface area (Å²) in [5.41, 5.74) is 2.35. The van der Waals surface area contributed by atoms with Gasteiger partial charge in [-0.1, -0.05) is 24.6 Å². The second kappa shape index (κ2) is 9.88. The molecule has 0 amide bonds. The number of nitrogens with zero attached hydrogens (tertiary/aromatic N) is 2. The fourth-order valence-electron chi connectivity index (χ4n) is 3.14. The molecule has 1 aromatic heterocycles. The summed E-state index contributed by atoms with van der Waals surface area (Å²) in [5.74, 6) is 0.862. The zero-order valence-electron chi connectivity index (χ0n) is 14.3. The Kier molecular flexibility index (Phi) is 7.84.